The van der Waals surface area contributed by atoms with Crippen molar-refractivity contribution in [2.45, 2.75) is 57.3 Å². The van der Waals surface area contributed by atoms with Crippen LogP contribution in [0.15, 0.2) is 0 Å². The molecule has 0 unspecified atom stereocenters. The Balaban J connectivity index is 2.26. The summed E-state index contributed by atoms with van der Waals surface area (Å²) in [6.45, 7) is 13.9. The van der Waals surface area contributed by atoms with E-state index >= 15 is 0 Å². The highest BCUT2D eigenvalue weighted by molar-refractivity contribution is 6.74. The molecule has 114 valence electrons. The molecule has 0 saturated carbocycles. The summed E-state index contributed by atoms with van der Waals surface area (Å²) in [5.74, 6) is 0. The van der Waals surface area contributed by atoms with Crippen LogP contribution in [0.25, 0.3) is 0 Å². The van der Waals surface area contributed by atoms with Crippen molar-refractivity contribution in [3.05, 3.63) is 0 Å². The maximum absolute atomic E-state index is 8.83. The van der Waals surface area contributed by atoms with Gasteiger partial charge in [0.2, 0.25) is 0 Å². The van der Waals surface area contributed by atoms with Crippen molar-refractivity contribution in [1.29, 1.82) is 0 Å². The van der Waals surface area contributed by atoms with Crippen LogP contribution in [0, 0.1) is 0 Å². The molecule has 1 N–H and O–H groups in total. The molecule has 0 spiro atoms. The van der Waals surface area contributed by atoms with Crippen molar-refractivity contribution in [2.75, 3.05) is 33.0 Å². The summed E-state index contributed by atoms with van der Waals surface area (Å²) in [6.07, 6.45) is 1.93. The van der Waals surface area contributed by atoms with Crippen LogP contribution in [0.2, 0.25) is 18.1 Å². The minimum absolute atomic E-state index is 0.0716. The third-order valence-corrected chi connectivity index (χ3v) is 8.81. The second-order valence-corrected chi connectivity index (χ2v) is 11.8. The summed E-state index contributed by atoms with van der Waals surface area (Å²) >= 11 is 0. The maximum atomic E-state index is 8.83. The molecule has 19 heavy (non-hydrogen) atoms. The smallest absolute Gasteiger partial charge is 0.191 e. The van der Waals surface area contributed by atoms with Crippen molar-refractivity contribution in [3.8, 4) is 0 Å². The molecule has 0 bridgehead atoms. The van der Waals surface area contributed by atoms with E-state index in [0.717, 1.165) is 19.4 Å². The highest BCUT2D eigenvalue weighted by Gasteiger charge is 2.40. The summed E-state index contributed by atoms with van der Waals surface area (Å²) < 4.78 is 17.1. The van der Waals surface area contributed by atoms with Gasteiger partial charge >= 0.3 is 0 Å². The first-order valence-corrected chi connectivity index (χ1v) is 10.1. The normalized spacial score (nSPS) is 19.3. The van der Waals surface area contributed by atoms with Gasteiger partial charge in [-0.1, -0.05) is 20.8 Å². The van der Waals surface area contributed by atoms with E-state index in [-0.39, 0.29) is 17.2 Å². The van der Waals surface area contributed by atoms with Crippen LogP contribution in [-0.4, -0.2) is 52.1 Å². The lowest BCUT2D eigenvalue weighted by Gasteiger charge is -2.41. The van der Waals surface area contributed by atoms with Crippen molar-refractivity contribution in [2.24, 2.45) is 0 Å². The summed E-state index contributed by atoms with van der Waals surface area (Å²) in [6, 6.07) is 0. The van der Waals surface area contributed by atoms with Gasteiger partial charge in [-0.2, -0.15) is 0 Å². The second-order valence-electron chi connectivity index (χ2n) is 6.96. The Morgan fingerprint density at radius 3 is 2.26 bits per heavy atom. The molecule has 1 saturated heterocycles. The zero-order valence-electron chi connectivity index (χ0n) is 13.1. The van der Waals surface area contributed by atoms with Gasteiger partial charge in [-0.25, -0.2) is 0 Å². The van der Waals surface area contributed by atoms with Crippen LogP contribution in [-0.2, 0) is 13.9 Å². The standard InChI is InChI=1S/C14H30O4Si/c1-13(2,3)19(4,5)18-9-6-7-14(11-16-12-14)17-10-8-15/h15H,6-12H2,1-5H3. The summed E-state index contributed by atoms with van der Waals surface area (Å²) in [5.41, 5.74) is -0.167. The Kier molecular flexibility index (Phi) is 6.01. The van der Waals surface area contributed by atoms with E-state index in [9.17, 15) is 0 Å². The van der Waals surface area contributed by atoms with E-state index < -0.39 is 8.32 Å². The quantitative estimate of drug-likeness (QED) is 0.551. The fraction of sp³-hybridized carbons (Fsp3) is 1.00. The molecule has 0 aromatic rings. The van der Waals surface area contributed by atoms with Gasteiger partial charge in [0.25, 0.3) is 0 Å². The molecule has 1 heterocycles. The Labute approximate surface area is 118 Å². The van der Waals surface area contributed by atoms with Crippen molar-refractivity contribution < 1.29 is 19.0 Å². The highest BCUT2D eigenvalue weighted by Crippen LogP contribution is 2.37. The number of rotatable bonds is 8. The summed E-state index contributed by atoms with van der Waals surface area (Å²) in [5, 5.41) is 9.09. The molecule has 0 aliphatic carbocycles. The molecule has 0 atom stereocenters. The molecule has 1 fully saturated rings. The molecule has 1 rings (SSSR count). The lowest BCUT2D eigenvalue weighted by atomic mass is 9.96. The first-order valence-electron chi connectivity index (χ1n) is 7.19. The van der Waals surface area contributed by atoms with Gasteiger partial charge < -0.3 is 19.0 Å². The zero-order valence-corrected chi connectivity index (χ0v) is 14.1. The average Bonchev–Trinajstić information content (AvgIpc) is 2.24. The maximum Gasteiger partial charge on any atom is 0.191 e. The number of aliphatic hydroxyl groups is 1. The number of hydrogen-bond donors (Lipinski definition) is 1. The van der Waals surface area contributed by atoms with Crippen LogP contribution >= 0.6 is 0 Å². The van der Waals surface area contributed by atoms with E-state index in [2.05, 4.69) is 33.9 Å². The highest BCUT2D eigenvalue weighted by atomic mass is 28.4. The predicted octanol–water partition coefficient (Wildman–Crippen LogP) is 2.57. The Morgan fingerprint density at radius 1 is 1.21 bits per heavy atom. The largest absolute Gasteiger partial charge is 0.417 e. The minimum Gasteiger partial charge on any atom is -0.417 e. The molecule has 0 radical (unpaired) electrons. The molecular weight excluding hydrogens is 260 g/mol. The molecule has 1 aliphatic rings. The first-order chi connectivity index (χ1) is 8.72. The van der Waals surface area contributed by atoms with Crippen molar-refractivity contribution in [1.82, 2.24) is 0 Å². The van der Waals surface area contributed by atoms with Crippen LogP contribution in [0.3, 0.4) is 0 Å². The van der Waals surface area contributed by atoms with E-state index in [0.29, 0.717) is 19.8 Å². The van der Waals surface area contributed by atoms with Crippen molar-refractivity contribution >= 4 is 8.32 Å². The second kappa shape index (κ2) is 6.67. The Hall–Kier alpha value is 0.0569. The van der Waals surface area contributed by atoms with Gasteiger partial charge in [0, 0.05) is 6.61 Å². The topological polar surface area (TPSA) is 47.9 Å². The fourth-order valence-corrected chi connectivity index (χ4v) is 2.92. The predicted molar refractivity (Wildman–Crippen MR) is 79.0 cm³/mol. The first kappa shape index (κ1) is 17.1. The molecule has 0 aromatic carbocycles. The SMILES string of the molecule is CC(C)(C)[Si](C)(C)OCCCC1(OCCO)COC1. The van der Waals surface area contributed by atoms with E-state index in [4.69, 9.17) is 19.0 Å². The minimum atomic E-state index is -1.63. The lowest BCUT2D eigenvalue weighted by Crippen LogP contribution is -2.52. The lowest BCUT2D eigenvalue weighted by molar-refractivity contribution is -0.216. The van der Waals surface area contributed by atoms with Gasteiger partial charge in [0.15, 0.2) is 8.32 Å². The summed E-state index contributed by atoms with van der Waals surface area (Å²) in [4.78, 5) is 0. The zero-order chi connectivity index (χ0) is 14.6. The third-order valence-electron chi connectivity index (χ3n) is 4.28. The van der Waals surface area contributed by atoms with Gasteiger partial charge in [-0.05, 0) is 31.0 Å². The molecule has 0 aromatic heterocycles. The number of hydrogen-bond acceptors (Lipinski definition) is 4. The fourth-order valence-electron chi connectivity index (χ4n) is 1.83. The Bertz CT molecular complexity index is 269. The summed E-state index contributed by atoms with van der Waals surface area (Å²) in [7, 11) is -1.63. The van der Waals surface area contributed by atoms with Crippen LogP contribution in [0.5, 0.6) is 0 Å². The molecular formula is C14H30O4Si. The molecule has 0 amide bonds. The number of aliphatic hydroxyl groups excluding tert-OH is 1. The van der Waals surface area contributed by atoms with Gasteiger partial charge in [0.05, 0.1) is 26.4 Å². The monoisotopic (exact) mass is 290 g/mol. The molecule has 4 nitrogen and oxygen atoms in total. The van der Waals surface area contributed by atoms with E-state index in [1.165, 1.54) is 0 Å². The van der Waals surface area contributed by atoms with Crippen LogP contribution in [0.1, 0.15) is 33.6 Å². The van der Waals surface area contributed by atoms with Crippen LogP contribution < -0.4 is 0 Å². The van der Waals surface area contributed by atoms with Gasteiger partial charge in [-0.15, -0.1) is 0 Å². The third kappa shape index (κ3) is 4.83. The molecule has 5 heteroatoms. The van der Waals surface area contributed by atoms with Crippen LogP contribution in [0.4, 0.5) is 0 Å². The van der Waals surface area contributed by atoms with Gasteiger partial charge in [0.1, 0.15) is 5.60 Å². The van der Waals surface area contributed by atoms with E-state index in [1.807, 2.05) is 0 Å². The van der Waals surface area contributed by atoms with Crippen molar-refractivity contribution in [3.63, 3.8) is 0 Å². The molecule has 1 aliphatic heterocycles. The van der Waals surface area contributed by atoms with Gasteiger partial charge in [-0.3, -0.25) is 0 Å². The van der Waals surface area contributed by atoms with E-state index in [1.54, 1.807) is 0 Å². The average molecular weight is 290 g/mol. The number of ether oxygens (including phenoxy) is 2. The Morgan fingerprint density at radius 2 is 1.84 bits per heavy atom.